The maximum absolute atomic E-state index is 14.5. The summed E-state index contributed by atoms with van der Waals surface area (Å²) in [5.41, 5.74) is 1.31. The lowest BCUT2D eigenvalue weighted by Crippen LogP contribution is -2.42. The third-order valence-corrected chi connectivity index (χ3v) is 6.57. The molecule has 0 saturated heterocycles. The molecule has 0 heterocycles. The molecule has 0 saturated carbocycles. The van der Waals surface area contributed by atoms with Gasteiger partial charge in [0.1, 0.15) is 17.7 Å². The van der Waals surface area contributed by atoms with Crippen LogP contribution in [0.5, 0.6) is 0 Å². The molecule has 0 radical (unpaired) electrons. The van der Waals surface area contributed by atoms with Crippen LogP contribution in [0, 0.1) is 11.6 Å². The third-order valence-electron chi connectivity index (χ3n) is 4.59. The van der Waals surface area contributed by atoms with Crippen LogP contribution in [0.3, 0.4) is 0 Å². The van der Waals surface area contributed by atoms with Crippen molar-refractivity contribution in [3.63, 3.8) is 0 Å². The Kier molecular flexibility index (Phi) is 8.43. The first kappa shape index (κ1) is 24.6. The first-order valence-corrected chi connectivity index (χ1v) is 13.3. The largest absolute Gasteiger partial charge is 0.396 e. The molecule has 0 bridgehead atoms. The van der Waals surface area contributed by atoms with E-state index >= 15 is 0 Å². The van der Waals surface area contributed by atoms with E-state index in [4.69, 9.17) is 9.84 Å². The summed E-state index contributed by atoms with van der Waals surface area (Å²) in [7, 11) is -0.696. The van der Waals surface area contributed by atoms with Crippen molar-refractivity contribution in [2.75, 3.05) is 19.0 Å². The Labute approximate surface area is 181 Å². The van der Waals surface area contributed by atoms with E-state index in [1.165, 1.54) is 0 Å². The van der Waals surface area contributed by atoms with Gasteiger partial charge in [-0.3, -0.25) is 9.59 Å². The minimum Gasteiger partial charge on any atom is -0.396 e. The van der Waals surface area contributed by atoms with E-state index < -0.39 is 37.6 Å². The van der Waals surface area contributed by atoms with Crippen molar-refractivity contribution < 1.29 is 28.2 Å². The van der Waals surface area contributed by atoms with Gasteiger partial charge in [0.25, 0.3) is 5.91 Å². The molecule has 168 valence electrons. The number of carbonyl (C=O) groups excluding carboxylic acids is 2. The van der Waals surface area contributed by atoms with Crippen LogP contribution in [0.4, 0.5) is 14.5 Å². The Hall–Kier alpha value is -2.62. The van der Waals surface area contributed by atoms with Crippen LogP contribution in [0.15, 0.2) is 36.4 Å². The van der Waals surface area contributed by atoms with Crippen LogP contribution in [-0.2, 0) is 20.9 Å². The van der Waals surface area contributed by atoms with E-state index in [9.17, 15) is 18.4 Å². The SMILES string of the molecule is COCc1ccc([C@@H](NC(=O)CCO)C(=O)Nc2cc(F)c([Si](C)(C)C)c(F)c2)cc1. The normalized spacial score (nSPS) is 12.4. The lowest BCUT2D eigenvalue weighted by Gasteiger charge is -2.21. The van der Waals surface area contributed by atoms with Crippen molar-refractivity contribution in [3.05, 3.63) is 59.2 Å². The van der Waals surface area contributed by atoms with Crippen molar-refractivity contribution in [3.8, 4) is 0 Å². The molecule has 2 amide bonds. The number of halogens is 2. The van der Waals surface area contributed by atoms with E-state index in [0.717, 1.165) is 17.7 Å². The zero-order valence-electron chi connectivity index (χ0n) is 18.1. The van der Waals surface area contributed by atoms with Gasteiger partial charge in [0.2, 0.25) is 5.91 Å². The topological polar surface area (TPSA) is 87.7 Å². The van der Waals surface area contributed by atoms with E-state index in [2.05, 4.69) is 10.6 Å². The number of ether oxygens (including phenoxy) is 1. The lowest BCUT2D eigenvalue weighted by molar-refractivity contribution is -0.127. The standard InChI is InChI=1S/C22H28F2N2O4Si/c1-30-13-14-5-7-15(8-6-14)20(26-19(28)9-10-27)22(29)25-16-11-17(23)21(18(24)12-16)31(2,3)4/h5-8,11-12,20,27H,9-10,13H2,1-4H3,(H,25,29)(H,26,28)/t20-/m1/s1. The Balaban J connectivity index is 2.31. The number of hydrogen-bond acceptors (Lipinski definition) is 4. The predicted octanol–water partition coefficient (Wildman–Crippen LogP) is 2.83. The molecule has 0 spiro atoms. The van der Waals surface area contributed by atoms with E-state index in [1.807, 2.05) is 19.6 Å². The van der Waals surface area contributed by atoms with Crippen molar-refractivity contribution in [2.24, 2.45) is 0 Å². The van der Waals surface area contributed by atoms with Crippen LogP contribution in [0.1, 0.15) is 23.6 Å². The molecule has 9 heteroatoms. The maximum atomic E-state index is 14.5. The monoisotopic (exact) mass is 450 g/mol. The molecule has 2 aromatic rings. The summed E-state index contributed by atoms with van der Waals surface area (Å²) >= 11 is 0. The van der Waals surface area contributed by atoms with E-state index in [1.54, 1.807) is 31.4 Å². The Bertz CT molecular complexity index is 907. The first-order valence-electron chi connectivity index (χ1n) is 9.85. The molecule has 0 aliphatic rings. The van der Waals surface area contributed by atoms with Gasteiger partial charge in [-0.1, -0.05) is 43.9 Å². The number of methoxy groups -OCH3 is 1. The van der Waals surface area contributed by atoms with Gasteiger partial charge >= 0.3 is 0 Å². The van der Waals surface area contributed by atoms with Gasteiger partial charge in [-0.05, 0) is 23.3 Å². The second kappa shape index (κ2) is 10.6. The summed E-state index contributed by atoms with van der Waals surface area (Å²) in [5.74, 6) is -2.61. The van der Waals surface area contributed by atoms with Crippen molar-refractivity contribution in [1.82, 2.24) is 5.32 Å². The lowest BCUT2D eigenvalue weighted by atomic mass is 10.0. The molecule has 6 nitrogen and oxygen atoms in total. The maximum Gasteiger partial charge on any atom is 0.251 e. The summed E-state index contributed by atoms with van der Waals surface area (Å²) in [5, 5.41) is 14.1. The number of carbonyl (C=O) groups is 2. The highest BCUT2D eigenvalue weighted by atomic mass is 28.3. The Morgan fingerprint density at radius 2 is 1.68 bits per heavy atom. The summed E-state index contributed by atoms with van der Waals surface area (Å²) in [4.78, 5) is 24.9. The summed E-state index contributed by atoms with van der Waals surface area (Å²) in [6.45, 7) is 5.49. The second-order valence-electron chi connectivity index (χ2n) is 8.20. The molecule has 31 heavy (non-hydrogen) atoms. The fourth-order valence-electron chi connectivity index (χ4n) is 3.18. The number of nitrogens with one attached hydrogen (secondary N) is 2. The molecule has 2 aromatic carbocycles. The van der Waals surface area contributed by atoms with Crippen molar-refractivity contribution in [1.29, 1.82) is 0 Å². The van der Waals surface area contributed by atoms with Crippen LogP contribution >= 0.6 is 0 Å². The molecule has 1 atom stereocenters. The van der Waals surface area contributed by atoms with Crippen LogP contribution in [-0.4, -0.2) is 38.7 Å². The first-order chi connectivity index (χ1) is 14.6. The predicted molar refractivity (Wildman–Crippen MR) is 118 cm³/mol. The molecule has 0 aliphatic carbocycles. The number of aliphatic hydroxyl groups is 1. The van der Waals surface area contributed by atoms with Crippen LogP contribution in [0.25, 0.3) is 0 Å². The van der Waals surface area contributed by atoms with Gasteiger partial charge < -0.3 is 20.5 Å². The van der Waals surface area contributed by atoms with Crippen LogP contribution in [0.2, 0.25) is 19.6 Å². The van der Waals surface area contributed by atoms with Crippen molar-refractivity contribution in [2.45, 2.75) is 38.7 Å². The smallest absolute Gasteiger partial charge is 0.251 e. The van der Waals surface area contributed by atoms with E-state index in [-0.39, 0.29) is 23.9 Å². The number of hydrogen-bond donors (Lipinski definition) is 3. The molecular weight excluding hydrogens is 422 g/mol. The zero-order chi connectivity index (χ0) is 23.2. The van der Waals surface area contributed by atoms with Gasteiger partial charge in [0, 0.05) is 24.4 Å². The molecule has 0 aromatic heterocycles. The quantitative estimate of drug-likeness (QED) is 0.513. The van der Waals surface area contributed by atoms with Crippen LogP contribution < -0.4 is 15.8 Å². The fraction of sp³-hybridized carbons (Fsp3) is 0.364. The molecule has 2 rings (SSSR count). The highest BCUT2D eigenvalue weighted by Gasteiger charge is 2.27. The summed E-state index contributed by atoms with van der Waals surface area (Å²) in [6, 6.07) is 7.88. The average molecular weight is 451 g/mol. The van der Waals surface area contributed by atoms with Crippen molar-refractivity contribution >= 4 is 30.8 Å². The molecular formula is C22H28F2N2O4Si. The summed E-state index contributed by atoms with van der Waals surface area (Å²) < 4.78 is 34.1. The number of rotatable bonds is 9. The minimum absolute atomic E-state index is 0.0422. The van der Waals surface area contributed by atoms with Gasteiger partial charge in [-0.2, -0.15) is 0 Å². The number of amides is 2. The van der Waals surface area contributed by atoms with Gasteiger partial charge in [-0.25, -0.2) is 8.78 Å². The molecule has 0 aliphatic heterocycles. The fourth-order valence-corrected chi connectivity index (χ4v) is 4.76. The Morgan fingerprint density at radius 1 is 1.10 bits per heavy atom. The highest BCUT2D eigenvalue weighted by molar-refractivity contribution is 6.88. The number of benzene rings is 2. The van der Waals surface area contributed by atoms with Gasteiger partial charge in [-0.15, -0.1) is 0 Å². The van der Waals surface area contributed by atoms with Gasteiger partial charge in [0.05, 0.1) is 21.3 Å². The zero-order valence-corrected chi connectivity index (χ0v) is 19.1. The Morgan fingerprint density at radius 3 is 2.16 bits per heavy atom. The third kappa shape index (κ3) is 6.68. The average Bonchev–Trinajstić information content (AvgIpc) is 2.65. The van der Waals surface area contributed by atoms with Gasteiger partial charge in [0.15, 0.2) is 0 Å². The number of anilines is 1. The molecule has 3 N–H and O–H groups in total. The minimum atomic E-state index is -2.26. The van der Waals surface area contributed by atoms with E-state index in [0.29, 0.717) is 12.2 Å². The molecule has 0 fully saturated rings. The highest BCUT2D eigenvalue weighted by Crippen LogP contribution is 2.20. The molecule has 0 unspecified atom stereocenters. The second-order valence-corrected chi connectivity index (χ2v) is 13.2. The number of aliphatic hydroxyl groups excluding tert-OH is 1. The summed E-state index contributed by atoms with van der Waals surface area (Å²) in [6.07, 6.45) is -0.181.